The fourth-order valence-corrected chi connectivity index (χ4v) is 1.65. The van der Waals surface area contributed by atoms with E-state index in [-0.39, 0.29) is 5.75 Å². The van der Waals surface area contributed by atoms with Crippen LogP contribution in [-0.4, -0.2) is 0 Å². The number of halogens is 2. The van der Waals surface area contributed by atoms with Gasteiger partial charge in [-0.3, -0.25) is 0 Å². The summed E-state index contributed by atoms with van der Waals surface area (Å²) >= 11 is 0. The number of nitrogen functional groups attached to an aromatic ring is 1. The largest absolute Gasteiger partial charge is 0.483 e. The Kier molecular flexibility index (Phi) is 3.46. The molecule has 2 rings (SSSR count). The molecule has 0 aromatic heterocycles. The number of hydrogen-bond donors (Lipinski definition) is 1. The van der Waals surface area contributed by atoms with Crippen molar-refractivity contribution in [2.45, 2.75) is 13.0 Å². The average Bonchev–Trinajstić information content (AvgIpc) is 2.35. The van der Waals surface area contributed by atoms with Gasteiger partial charge >= 0.3 is 0 Å². The number of hydrogen-bond acceptors (Lipinski definition) is 2. The van der Waals surface area contributed by atoms with Crippen LogP contribution in [0.1, 0.15) is 18.6 Å². The van der Waals surface area contributed by atoms with Gasteiger partial charge in [0, 0.05) is 5.69 Å². The molecule has 0 spiro atoms. The van der Waals surface area contributed by atoms with Gasteiger partial charge in [0.2, 0.25) is 5.82 Å². The maximum atomic E-state index is 13.4. The molecular weight excluding hydrogens is 236 g/mol. The maximum Gasteiger partial charge on any atom is 0.200 e. The second kappa shape index (κ2) is 5.04. The fraction of sp³-hybridized carbons (Fsp3) is 0.143. The van der Waals surface area contributed by atoms with Gasteiger partial charge in [-0.05, 0) is 36.8 Å². The summed E-state index contributed by atoms with van der Waals surface area (Å²) in [7, 11) is 0. The summed E-state index contributed by atoms with van der Waals surface area (Å²) in [6.45, 7) is 1.75. The second-order valence-corrected chi connectivity index (χ2v) is 3.98. The quantitative estimate of drug-likeness (QED) is 0.842. The zero-order valence-corrected chi connectivity index (χ0v) is 9.86. The van der Waals surface area contributed by atoms with Crippen molar-refractivity contribution in [2.75, 3.05) is 5.73 Å². The van der Waals surface area contributed by atoms with E-state index in [0.717, 1.165) is 11.6 Å². The van der Waals surface area contributed by atoms with E-state index in [9.17, 15) is 8.78 Å². The number of ether oxygens (including phenoxy) is 1. The Balaban J connectivity index is 2.21. The van der Waals surface area contributed by atoms with Crippen molar-refractivity contribution in [2.24, 2.45) is 0 Å². The number of anilines is 1. The highest BCUT2D eigenvalue weighted by Crippen LogP contribution is 2.26. The lowest BCUT2D eigenvalue weighted by Crippen LogP contribution is -2.05. The summed E-state index contributed by atoms with van der Waals surface area (Å²) in [4.78, 5) is 0. The monoisotopic (exact) mass is 249 g/mol. The van der Waals surface area contributed by atoms with E-state index in [1.54, 1.807) is 25.1 Å². The maximum absolute atomic E-state index is 13.4. The first-order valence-electron chi connectivity index (χ1n) is 5.54. The number of nitrogens with two attached hydrogens (primary N) is 1. The molecule has 2 nitrogen and oxygen atoms in total. The molecule has 18 heavy (non-hydrogen) atoms. The van der Waals surface area contributed by atoms with E-state index in [1.165, 1.54) is 12.1 Å². The van der Waals surface area contributed by atoms with Crippen LogP contribution >= 0.6 is 0 Å². The van der Waals surface area contributed by atoms with Gasteiger partial charge in [0.25, 0.3) is 0 Å². The molecular formula is C14H13F2NO. The smallest absolute Gasteiger partial charge is 0.200 e. The van der Waals surface area contributed by atoms with Gasteiger partial charge < -0.3 is 10.5 Å². The molecule has 1 atom stereocenters. The predicted molar refractivity (Wildman–Crippen MR) is 66.3 cm³/mol. The van der Waals surface area contributed by atoms with Gasteiger partial charge in [-0.2, -0.15) is 4.39 Å². The molecule has 0 aliphatic rings. The molecule has 2 N–H and O–H groups in total. The summed E-state index contributed by atoms with van der Waals surface area (Å²) in [6, 6.07) is 10.9. The standard InChI is InChI=1S/C14H13F2NO/c1-9(10-4-2-5-11(17)8-10)18-13-7-3-6-12(15)14(13)16/h2-9H,17H2,1H3. The van der Waals surface area contributed by atoms with Crippen molar-refractivity contribution in [3.8, 4) is 5.75 Å². The highest BCUT2D eigenvalue weighted by Gasteiger charge is 2.13. The first-order valence-corrected chi connectivity index (χ1v) is 5.54. The first kappa shape index (κ1) is 12.4. The van der Waals surface area contributed by atoms with Crippen molar-refractivity contribution in [1.82, 2.24) is 0 Å². The van der Waals surface area contributed by atoms with Crippen LogP contribution in [0.3, 0.4) is 0 Å². The van der Waals surface area contributed by atoms with Crippen LogP contribution in [-0.2, 0) is 0 Å². The average molecular weight is 249 g/mol. The normalized spacial score (nSPS) is 12.2. The van der Waals surface area contributed by atoms with Crippen molar-refractivity contribution in [3.05, 3.63) is 59.7 Å². The molecule has 0 heterocycles. The van der Waals surface area contributed by atoms with Crippen LogP contribution in [0, 0.1) is 11.6 Å². The van der Waals surface area contributed by atoms with Gasteiger partial charge in [0.05, 0.1) is 0 Å². The van der Waals surface area contributed by atoms with E-state index in [0.29, 0.717) is 5.69 Å². The third-order valence-corrected chi connectivity index (χ3v) is 2.60. The minimum Gasteiger partial charge on any atom is -0.483 e. The van der Waals surface area contributed by atoms with Crippen LogP contribution in [0.15, 0.2) is 42.5 Å². The van der Waals surface area contributed by atoms with Crippen molar-refractivity contribution in [3.63, 3.8) is 0 Å². The topological polar surface area (TPSA) is 35.2 Å². The first-order chi connectivity index (χ1) is 8.58. The minimum absolute atomic E-state index is 0.107. The van der Waals surface area contributed by atoms with E-state index in [1.807, 2.05) is 6.07 Å². The molecule has 0 aliphatic heterocycles. The highest BCUT2D eigenvalue weighted by atomic mass is 19.2. The Morgan fingerprint density at radius 2 is 1.83 bits per heavy atom. The van der Waals surface area contributed by atoms with E-state index < -0.39 is 17.7 Å². The van der Waals surface area contributed by atoms with Crippen molar-refractivity contribution >= 4 is 5.69 Å². The zero-order valence-electron chi connectivity index (χ0n) is 9.86. The Labute approximate surface area is 104 Å². The molecule has 4 heteroatoms. The summed E-state index contributed by atoms with van der Waals surface area (Å²) in [5.74, 6) is -2.01. The zero-order chi connectivity index (χ0) is 13.1. The van der Waals surface area contributed by atoms with E-state index in [2.05, 4.69) is 0 Å². The van der Waals surface area contributed by atoms with Crippen LogP contribution in [0.4, 0.5) is 14.5 Å². The Morgan fingerprint density at radius 3 is 2.56 bits per heavy atom. The lowest BCUT2D eigenvalue weighted by Gasteiger charge is -2.16. The third-order valence-electron chi connectivity index (χ3n) is 2.60. The second-order valence-electron chi connectivity index (χ2n) is 3.98. The van der Waals surface area contributed by atoms with Crippen LogP contribution < -0.4 is 10.5 Å². The van der Waals surface area contributed by atoms with E-state index in [4.69, 9.17) is 10.5 Å². The van der Waals surface area contributed by atoms with Crippen molar-refractivity contribution in [1.29, 1.82) is 0 Å². The van der Waals surface area contributed by atoms with Crippen LogP contribution in [0.25, 0.3) is 0 Å². The Morgan fingerprint density at radius 1 is 1.11 bits per heavy atom. The van der Waals surface area contributed by atoms with Gasteiger partial charge in [-0.1, -0.05) is 18.2 Å². The van der Waals surface area contributed by atoms with Gasteiger partial charge in [0.15, 0.2) is 11.6 Å². The SMILES string of the molecule is CC(Oc1cccc(F)c1F)c1cccc(N)c1. The predicted octanol–water partition coefficient (Wildman–Crippen LogP) is 3.69. The number of rotatable bonds is 3. The molecule has 0 fully saturated rings. The minimum atomic E-state index is -0.978. The summed E-state index contributed by atoms with van der Waals surface area (Å²) < 4.78 is 31.8. The van der Waals surface area contributed by atoms with Gasteiger partial charge in [-0.15, -0.1) is 0 Å². The molecule has 0 aliphatic carbocycles. The molecule has 2 aromatic carbocycles. The molecule has 2 aromatic rings. The molecule has 1 unspecified atom stereocenters. The lowest BCUT2D eigenvalue weighted by atomic mass is 10.1. The molecule has 0 saturated carbocycles. The Hall–Kier alpha value is -2.10. The van der Waals surface area contributed by atoms with Crippen molar-refractivity contribution < 1.29 is 13.5 Å². The molecule has 0 saturated heterocycles. The molecule has 0 amide bonds. The summed E-state index contributed by atoms with van der Waals surface area (Å²) in [5, 5.41) is 0. The van der Waals surface area contributed by atoms with E-state index >= 15 is 0 Å². The molecule has 94 valence electrons. The Bertz CT molecular complexity index is 557. The number of benzene rings is 2. The lowest BCUT2D eigenvalue weighted by molar-refractivity contribution is 0.213. The third kappa shape index (κ3) is 2.59. The fourth-order valence-electron chi connectivity index (χ4n) is 1.65. The summed E-state index contributed by atoms with van der Waals surface area (Å²) in [6.07, 6.45) is -0.412. The van der Waals surface area contributed by atoms with Crippen LogP contribution in [0.2, 0.25) is 0 Å². The molecule has 0 radical (unpaired) electrons. The highest BCUT2D eigenvalue weighted by molar-refractivity contribution is 5.41. The molecule has 0 bridgehead atoms. The van der Waals surface area contributed by atoms with Gasteiger partial charge in [-0.25, -0.2) is 4.39 Å². The van der Waals surface area contributed by atoms with Gasteiger partial charge in [0.1, 0.15) is 6.10 Å². The summed E-state index contributed by atoms with van der Waals surface area (Å²) in [5.41, 5.74) is 7.06. The van der Waals surface area contributed by atoms with Crippen LogP contribution in [0.5, 0.6) is 5.75 Å².